The molecule has 0 spiro atoms. The summed E-state index contributed by atoms with van der Waals surface area (Å²) < 4.78 is 37.0. The fraction of sp³-hybridized carbons (Fsp3) is 0.522. The van der Waals surface area contributed by atoms with Crippen LogP contribution in [0.1, 0.15) is 158 Å². The molecule has 0 amide bonds. The van der Waals surface area contributed by atoms with E-state index in [0.717, 1.165) is 83.5 Å². The summed E-state index contributed by atoms with van der Waals surface area (Å²) in [5.74, 6) is -0.0680. The molecule has 0 fully saturated rings. The van der Waals surface area contributed by atoms with Gasteiger partial charge >= 0.3 is 29.6 Å². The van der Waals surface area contributed by atoms with Crippen LogP contribution in [0.5, 0.6) is 11.5 Å². The molecule has 0 unspecified atom stereocenters. The first kappa shape index (κ1) is 50.6. The van der Waals surface area contributed by atoms with Crippen LogP contribution in [0, 0.1) is 0 Å². The van der Waals surface area contributed by atoms with E-state index in [-0.39, 0.29) is 41.1 Å². The number of rotatable bonds is 25. The third-order valence-corrected chi connectivity index (χ3v) is 9.60. The van der Waals surface area contributed by atoms with E-state index in [1.165, 1.54) is 69.2 Å². The minimum atomic E-state index is -4.86. The van der Waals surface area contributed by atoms with E-state index in [0.29, 0.717) is 12.0 Å². The van der Waals surface area contributed by atoms with Gasteiger partial charge in [0, 0.05) is 5.56 Å². The molecule has 1 aromatic carbocycles. The standard InChI is InChI=1S/C46H70O5S.Na/c1-36(2)17-10-18-37(3)19-11-20-38(4)21-12-22-39(5)23-13-24-40(6)25-14-26-41(7)27-15-28-42(8)29-16-30-43(9)31-32-44-35-45(33-34-46(44)47)51-52(48,49)50;/h17,19,21,23,25,27,29,31,33-35,47H,10-16,18,20,22,24,26,28,30,32H2,1-9H3,(H,48,49,50);/q;+1/p-1/b37-19+,38-21+,39-23+,40-25+,41-27+,42-29+,43-31+;. The monoisotopic (exact) mass is 756 g/mol. The van der Waals surface area contributed by atoms with Crippen molar-refractivity contribution >= 4 is 10.4 Å². The van der Waals surface area contributed by atoms with Crippen LogP contribution in [0.2, 0.25) is 0 Å². The zero-order valence-electron chi connectivity index (χ0n) is 34.9. The van der Waals surface area contributed by atoms with Gasteiger partial charge in [-0.05, 0) is 177 Å². The van der Waals surface area contributed by atoms with E-state index in [2.05, 4.69) is 102 Å². The van der Waals surface area contributed by atoms with Gasteiger partial charge in [0.1, 0.15) is 11.5 Å². The van der Waals surface area contributed by atoms with Crippen LogP contribution in [0.4, 0.5) is 0 Å². The molecule has 1 N–H and O–H groups in total. The summed E-state index contributed by atoms with van der Waals surface area (Å²) in [6.07, 6.45) is 34.4. The van der Waals surface area contributed by atoms with Crippen molar-refractivity contribution < 1.29 is 51.8 Å². The molecule has 5 nitrogen and oxygen atoms in total. The Bertz CT molecular complexity index is 1600. The van der Waals surface area contributed by atoms with Gasteiger partial charge in [-0.3, -0.25) is 0 Å². The number of hydrogen-bond acceptors (Lipinski definition) is 5. The van der Waals surface area contributed by atoms with Gasteiger partial charge in [0.25, 0.3) is 10.4 Å². The Morgan fingerprint density at radius 3 is 1.15 bits per heavy atom. The topological polar surface area (TPSA) is 86.7 Å². The van der Waals surface area contributed by atoms with Crippen molar-refractivity contribution in [3.05, 3.63) is 117 Å². The average molecular weight is 757 g/mol. The summed E-state index contributed by atoms with van der Waals surface area (Å²) in [6, 6.07) is 3.97. The summed E-state index contributed by atoms with van der Waals surface area (Å²) in [5.41, 5.74) is 11.9. The fourth-order valence-electron chi connectivity index (χ4n) is 5.76. The third-order valence-electron chi connectivity index (χ3n) is 9.20. The largest absolute Gasteiger partial charge is 1.00 e. The minimum absolute atomic E-state index is 0. The summed E-state index contributed by atoms with van der Waals surface area (Å²) in [7, 11) is -4.86. The van der Waals surface area contributed by atoms with Gasteiger partial charge in [0.15, 0.2) is 0 Å². The van der Waals surface area contributed by atoms with Crippen molar-refractivity contribution in [3.63, 3.8) is 0 Å². The number of phenols is 1. The zero-order chi connectivity index (χ0) is 38.9. The Morgan fingerprint density at radius 1 is 0.547 bits per heavy atom. The van der Waals surface area contributed by atoms with E-state index in [1.54, 1.807) is 0 Å². The Balaban J connectivity index is 0.0000270. The molecule has 0 aliphatic rings. The Kier molecular flexibility index (Phi) is 27.7. The SMILES string of the molecule is CC(C)=CCC/C(C)=C/CC/C(C)=C/CC/C(C)=C/CC/C(C)=C/CC/C(C)=C/CC/C(C)=C/CC/C(C)=C/Cc1cc(OS(=O)(=O)[O-])ccc1O.[Na+]. The number of hydrogen-bond donors (Lipinski definition) is 1. The van der Waals surface area contributed by atoms with Gasteiger partial charge in [-0.1, -0.05) is 93.2 Å². The van der Waals surface area contributed by atoms with Crippen molar-refractivity contribution in [3.8, 4) is 11.5 Å². The van der Waals surface area contributed by atoms with Crippen LogP contribution in [-0.2, 0) is 16.8 Å². The van der Waals surface area contributed by atoms with Crippen LogP contribution >= 0.6 is 0 Å². The normalized spacial score (nSPS) is 14.0. The minimum Gasteiger partial charge on any atom is -0.716 e. The quantitative estimate of drug-likeness (QED) is 0.0465. The molecule has 1 rings (SSSR count). The molecule has 0 saturated carbocycles. The molecule has 7 heteroatoms. The summed E-state index contributed by atoms with van der Waals surface area (Å²) in [6.45, 7) is 19.9. The van der Waals surface area contributed by atoms with Gasteiger partial charge in [-0.15, -0.1) is 0 Å². The van der Waals surface area contributed by atoms with E-state index >= 15 is 0 Å². The van der Waals surface area contributed by atoms with Crippen LogP contribution < -0.4 is 33.7 Å². The zero-order valence-corrected chi connectivity index (χ0v) is 37.8. The molecule has 0 bridgehead atoms. The Hall–Kier alpha value is -2.35. The molecule has 0 aromatic heterocycles. The second-order valence-electron chi connectivity index (χ2n) is 14.9. The third kappa shape index (κ3) is 28.7. The second-order valence-corrected chi connectivity index (χ2v) is 15.9. The molecule has 0 radical (unpaired) electrons. The average Bonchev–Trinajstić information content (AvgIpc) is 3.04. The molecule has 0 saturated heterocycles. The maximum absolute atomic E-state index is 10.9. The fourth-order valence-corrected chi connectivity index (χ4v) is 6.10. The van der Waals surface area contributed by atoms with Crippen LogP contribution in [0.15, 0.2) is 111 Å². The maximum atomic E-state index is 10.9. The van der Waals surface area contributed by atoms with E-state index in [4.69, 9.17) is 0 Å². The van der Waals surface area contributed by atoms with Gasteiger partial charge < -0.3 is 13.8 Å². The predicted octanol–water partition coefficient (Wildman–Crippen LogP) is 10.8. The van der Waals surface area contributed by atoms with Crippen molar-refractivity contribution in [1.82, 2.24) is 0 Å². The van der Waals surface area contributed by atoms with Gasteiger partial charge in [0.05, 0.1) is 0 Å². The van der Waals surface area contributed by atoms with Crippen LogP contribution in [0.3, 0.4) is 0 Å². The summed E-state index contributed by atoms with van der Waals surface area (Å²) in [4.78, 5) is 0. The van der Waals surface area contributed by atoms with E-state index in [9.17, 15) is 18.1 Å². The van der Waals surface area contributed by atoms with E-state index < -0.39 is 10.4 Å². The molecule has 1 aromatic rings. The van der Waals surface area contributed by atoms with Gasteiger partial charge in [0.2, 0.25) is 0 Å². The Labute approximate surface area is 347 Å². The smallest absolute Gasteiger partial charge is 0.716 e. The first-order valence-electron chi connectivity index (χ1n) is 19.2. The molecule has 290 valence electrons. The first-order chi connectivity index (χ1) is 24.5. The Morgan fingerprint density at radius 2 is 0.849 bits per heavy atom. The first-order valence-corrected chi connectivity index (χ1v) is 20.6. The maximum Gasteiger partial charge on any atom is 1.00 e. The van der Waals surface area contributed by atoms with Crippen molar-refractivity contribution in [2.24, 2.45) is 0 Å². The molecule has 0 aliphatic carbocycles. The van der Waals surface area contributed by atoms with Gasteiger partial charge in [-0.25, -0.2) is 8.42 Å². The predicted molar refractivity (Wildman–Crippen MR) is 223 cm³/mol. The van der Waals surface area contributed by atoms with Crippen molar-refractivity contribution in [1.29, 1.82) is 0 Å². The molecule has 0 aliphatic heterocycles. The molecular weight excluding hydrogens is 688 g/mol. The number of aromatic hydroxyl groups is 1. The van der Waals surface area contributed by atoms with Crippen molar-refractivity contribution in [2.45, 2.75) is 159 Å². The summed E-state index contributed by atoms with van der Waals surface area (Å²) >= 11 is 0. The van der Waals surface area contributed by atoms with Crippen LogP contribution in [0.25, 0.3) is 0 Å². The number of allylic oxidation sites excluding steroid dienone is 16. The number of benzene rings is 1. The van der Waals surface area contributed by atoms with Gasteiger partial charge in [-0.2, -0.15) is 0 Å². The van der Waals surface area contributed by atoms with E-state index in [1.807, 2.05) is 13.0 Å². The molecule has 0 atom stereocenters. The molecular formula is C46H69NaO5S. The second kappa shape index (κ2) is 29.0. The number of phenolic OH excluding ortho intramolecular Hbond substituents is 1. The summed E-state index contributed by atoms with van der Waals surface area (Å²) in [5, 5.41) is 10.1. The van der Waals surface area contributed by atoms with Crippen LogP contribution in [-0.4, -0.2) is 18.1 Å². The molecule has 0 heterocycles. The van der Waals surface area contributed by atoms with Crippen molar-refractivity contribution in [2.75, 3.05) is 0 Å². The molecule has 53 heavy (non-hydrogen) atoms.